The van der Waals surface area contributed by atoms with Crippen LogP contribution < -0.4 is 10.9 Å². The van der Waals surface area contributed by atoms with E-state index in [1.807, 2.05) is 0 Å². The molecule has 2 heterocycles. The first-order valence-corrected chi connectivity index (χ1v) is 9.92. The fourth-order valence-electron chi connectivity index (χ4n) is 3.72. The average Bonchev–Trinajstić information content (AvgIpc) is 3.29. The Morgan fingerprint density at radius 2 is 1.73 bits per heavy atom. The van der Waals surface area contributed by atoms with Crippen LogP contribution in [0.1, 0.15) is 15.9 Å². The van der Waals surface area contributed by atoms with Crippen molar-refractivity contribution in [3.63, 3.8) is 0 Å². The molecule has 0 bridgehead atoms. The van der Waals surface area contributed by atoms with Gasteiger partial charge in [0.2, 0.25) is 0 Å². The molecule has 6 nitrogen and oxygen atoms in total. The molecule has 9 heteroatoms. The number of anilines is 1. The minimum absolute atomic E-state index is 0.0724. The number of nitrogens with zero attached hydrogens (tertiary/aromatic N) is 3. The number of rotatable bonds is 4. The summed E-state index contributed by atoms with van der Waals surface area (Å²) in [5.74, 6) is -3.12. The molecule has 0 spiro atoms. The highest BCUT2D eigenvalue weighted by Gasteiger charge is 2.16. The van der Waals surface area contributed by atoms with Gasteiger partial charge in [-0.25, -0.2) is 17.7 Å². The molecule has 0 atom stereocenters. The summed E-state index contributed by atoms with van der Waals surface area (Å²) < 4.78 is 43.3. The smallest absolute Gasteiger partial charge is 0.277 e. The fourth-order valence-corrected chi connectivity index (χ4v) is 3.72. The highest BCUT2D eigenvalue weighted by atomic mass is 19.2. The Morgan fingerprint density at radius 3 is 2.52 bits per heavy atom. The van der Waals surface area contributed by atoms with Gasteiger partial charge in [-0.1, -0.05) is 12.1 Å². The minimum Gasteiger partial charge on any atom is -0.322 e. The van der Waals surface area contributed by atoms with E-state index in [-0.39, 0.29) is 23.4 Å². The van der Waals surface area contributed by atoms with Gasteiger partial charge in [0.1, 0.15) is 11.3 Å². The van der Waals surface area contributed by atoms with Crippen LogP contribution in [0.25, 0.3) is 16.6 Å². The van der Waals surface area contributed by atoms with Crippen LogP contribution in [0.5, 0.6) is 0 Å². The zero-order valence-electron chi connectivity index (χ0n) is 16.9. The van der Waals surface area contributed by atoms with E-state index in [1.54, 1.807) is 24.3 Å². The molecule has 0 aliphatic rings. The molecule has 33 heavy (non-hydrogen) atoms. The molecule has 0 aliphatic carbocycles. The van der Waals surface area contributed by atoms with Crippen LogP contribution in [0, 0.1) is 17.5 Å². The maximum Gasteiger partial charge on any atom is 0.277 e. The largest absolute Gasteiger partial charge is 0.322 e. The summed E-state index contributed by atoms with van der Waals surface area (Å²) in [6.45, 7) is 0.0724. The van der Waals surface area contributed by atoms with E-state index in [0.717, 1.165) is 12.1 Å². The molecular weight excluding hydrogens is 433 g/mol. The molecular formula is C24H15F3N4O2. The van der Waals surface area contributed by atoms with Gasteiger partial charge in [-0.3, -0.25) is 9.59 Å². The number of carbonyl (C=O) groups is 1. The Kier molecular flexibility index (Phi) is 4.93. The molecule has 3 aromatic carbocycles. The molecule has 0 radical (unpaired) electrons. The lowest BCUT2D eigenvalue weighted by Crippen LogP contribution is -2.24. The Bertz CT molecular complexity index is 1610. The zero-order valence-corrected chi connectivity index (χ0v) is 16.9. The number of benzene rings is 3. The molecule has 1 amide bonds. The third-order valence-corrected chi connectivity index (χ3v) is 5.27. The van der Waals surface area contributed by atoms with Crippen molar-refractivity contribution >= 4 is 28.1 Å². The number of fused-ring (bicyclic) bond motifs is 3. The number of nitrogens with one attached hydrogen (secondary N) is 1. The summed E-state index contributed by atoms with van der Waals surface area (Å²) in [5.41, 5.74) is 1.78. The SMILES string of the molecule is O=C(Nc1ccc(F)c(F)c1)c1ccc2c(c1)n(Cc1cccc(F)c1)c(=O)c1ccnn12. The van der Waals surface area contributed by atoms with Crippen LogP contribution in [0.3, 0.4) is 0 Å². The van der Waals surface area contributed by atoms with Crippen molar-refractivity contribution in [2.45, 2.75) is 6.54 Å². The molecule has 5 rings (SSSR count). The Labute approximate surface area is 184 Å². The van der Waals surface area contributed by atoms with E-state index in [0.29, 0.717) is 22.1 Å². The first-order chi connectivity index (χ1) is 15.9. The summed E-state index contributed by atoms with van der Waals surface area (Å²) in [4.78, 5) is 25.9. The number of hydrogen-bond acceptors (Lipinski definition) is 3. The summed E-state index contributed by atoms with van der Waals surface area (Å²) in [6, 6.07) is 15.2. The average molecular weight is 448 g/mol. The molecule has 0 fully saturated rings. The van der Waals surface area contributed by atoms with Gasteiger partial charge in [0.15, 0.2) is 11.6 Å². The molecule has 0 unspecified atom stereocenters. The number of hydrogen-bond donors (Lipinski definition) is 1. The Morgan fingerprint density at radius 1 is 0.879 bits per heavy atom. The summed E-state index contributed by atoms with van der Waals surface area (Å²) in [7, 11) is 0. The first kappa shape index (κ1) is 20.5. The number of amides is 1. The van der Waals surface area contributed by atoms with Crippen LogP contribution in [-0.2, 0) is 6.54 Å². The Hall–Kier alpha value is -4.40. The van der Waals surface area contributed by atoms with Crippen molar-refractivity contribution in [1.29, 1.82) is 0 Å². The van der Waals surface area contributed by atoms with Crippen LogP contribution in [-0.4, -0.2) is 20.1 Å². The van der Waals surface area contributed by atoms with E-state index >= 15 is 0 Å². The van der Waals surface area contributed by atoms with E-state index in [2.05, 4.69) is 10.4 Å². The summed E-state index contributed by atoms with van der Waals surface area (Å²) in [6.07, 6.45) is 1.49. The molecule has 0 saturated heterocycles. The van der Waals surface area contributed by atoms with Gasteiger partial charge < -0.3 is 9.88 Å². The normalized spacial score (nSPS) is 11.2. The van der Waals surface area contributed by atoms with Gasteiger partial charge in [0, 0.05) is 17.3 Å². The van der Waals surface area contributed by atoms with Crippen molar-refractivity contribution in [2.75, 3.05) is 5.32 Å². The van der Waals surface area contributed by atoms with Crippen molar-refractivity contribution in [3.8, 4) is 0 Å². The second-order valence-corrected chi connectivity index (χ2v) is 7.44. The summed E-state index contributed by atoms with van der Waals surface area (Å²) in [5, 5.41) is 6.71. The van der Waals surface area contributed by atoms with E-state index in [1.165, 1.54) is 45.6 Å². The minimum atomic E-state index is -1.09. The van der Waals surface area contributed by atoms with Gasteiger partial charge in [-0.15, -0.1) is 0 Å². The van der Waals surface area contributed by atoms with Gasteiger partial charge in [0.25, 0.3) is 11.5 Å². The fraction of sp³-hybridized carbons (Fsp3) is 0.0417. The number of carbonyl (C=O) groups excluding carboxylic acids is 1. The van der Waals surface area contributed by atoms with Gasteiger partial charge in [-0.05, 0) is 54.1 Å². The van der Waals surface area contributed by atoms with Crippen LogP contribution in [0.4, 0.5) is 18.9 Å². The molecule has 0 aliphatic heterocycles. The monoisotopic (exact) mass is 448 g/mol. The molecule has 5 aromatic rings. The van der Waals surface area contributed by atoms with Crippen LogP contribution >= 0.6 is 0 Å². The predicted molar refractivity (Wildman–Crippen MR) is 117 cm³/mol. The van der Waals surface area contributed by atoms with Crippen molar-refractivity contribution in [1.82, 2.24) is 14.2 Å². The third-order valence-electron chi connectivity index (χ3n) is 5.27. The van der Waals surface area contributed by atoms with E-state index in [4.69, 9.17) is 0 Å². The standard InChI is InChI=1S/C24H15F3N4O2/c25-16-3-1-2-14(10-16)13-30-22-11-15(23(32)29-17-5-6-18(26)19(27)12-17)4-7-20(22)31-21(24(30)33)8-9-28-31/h1-12H,13H2,(H,29,32). The lowest BCUT2D eigenvalue weighted by atomic mass is 10.1. The maximum absolute atomic E-state index is 13.7. The highest BCUT2D eigenvalue weighted by molar-refractivity contribution is 6.06. The third kappa shape index (κ3) is 3.73. The van der Waals surface area contributed by atoms with Crippen LogP contribution in [0.15, 0.2) is 77.7 Å². The predicted octanol–water partition coefficient (Wildman–Crippen LogP) is 4.37. The molecule has 1 N–H and O–H groups in total. The van der Waals surface area contributed by atoms with Gasteiger partial charge in [-0.2, -0.15) is 5.10 Å². The molecule has 0 saturated carbocycles. The maximum atomic E-state index is 13.7. The second-order valence-electron chi connectivity index (χ2n) is 7.44. The molecule has 164 valence electrons. The lowest BCUT2D eigenvalue weighted by Gasteiger charge is -2.14. The van der Waals surface area contributed by atoms with Gasteiger partial charge in [0.05, 0.1) is 23.8 Å². The van der Waals surface area contributed by atoms with Crippen molar-refractivity contribution in [2.24, 2.45) is 0 Å². The molecule has 2 aromatic heterocycles. The van der Waals surface area contributed by atoms with Gasteiger partial charge >= 0.3 is 0 Å². The topological polar surface area (TPSA) is 68.4 Å². The number of aromatic nitrogens is 3. The number of halogens is 3. The van der Waals surface area contributed by atoms with Crippen LogP contribution in [0.2, 0.25) is 0 Å². The van der Waals surface area contributed by atoms with Crippen molar-refractivity contribution < 1.29 is 18.0 Å². The second kappa shape index (κ2) is 7.94. The quantitative estimate of drug-likeness (QED) is 0.444. The van der Waals surface area contributed by atoms with Crippen molar-refractivity contribution in [3.05, 3.63) is 112 Å². The lowest BCUT2D eigenvalue weighted by molar-refractivity contribution is 0.102. The zero-order chi connectivity index (χ0) is 23.1. The Balaban J connectivity index is 1.62. The highest BCUT2D eigenvalue weighted by Crippen LogP contribution is 2.20. The summed E-state index contributed by atoms with van der Waals surface area (Å²) >= 11 is 0. The van der Waals surface area contributed by atoms with E-state index in [9.17, 15) is 22.8 Å². The van der Waals surface area contributed by atoms with E-state index < -0.39 is 23.4 Å². The first-order valence-electron chi connectivity index (χ1n) is 9.92.